The number of unbranched alkanes of at least 4 members (excludes halogenated alkanes) is 5. The monoisotopic (exact) mass is 476 g/mol. The minimum atomic E-state index is -1.11. The van der Waals surface area contributed by atoms with Gasteiger partial charge >= 0.3 is 23.9 Å². The highest BCUT2D eigenvalue weighted by Gasteiger charge is 2.52. The number of esters is 4. The second-order valence-corrected chi connectivity index (χ2v) is 8.91. The third-order valence-corrected chi connectivity index (χ3v) is 5.96. The zero-order chi connectivity index (χ0) is 24.1. The molecule has 0 amide bonds. The van der Waals surface area contributed by atoms with Gasteiger partial charge in [0.25, 0.3) is 0 Å². The summed E-state index contributed by atoms with van der Waals surface area (Å²) in [6.07, 6.45) is 2.67. The van der Waals surface area contributed by atoms with E-state index in [-0.39, 0.29) is 6.61 Å². The van der Waals surface area contributed by atoms with Crippen LogP contribution < -0.4 is 0 Å². The van der Waals surface area contributed by atoms with Crippen molar-refractivity contribution < 1.29 is 42.9 Å². The minimum absolute atomic E-state index is 0.202. The lowest BCUT2D eigenvalue weighted by atomic mass is 9.99. The Balaban J connectivity index is 3.01. The van der Waals surface area contributed by atoms with Crippen LogP contribution in [0, 0.1) is 0 Å². The third kappa shape index (κ3) is 10.7. The summed E-state index contributed by atoms with van der Waals surface area (Å²) >= 11 is 1.43. The second kappa shape index (κ2) is 15.1. The van der Waals surface area contributed by atoms with E-state index < -0.39 is 53.7 Å². The van der Waals surface area contributed by atoms with Crippen LogP contribution in [0.4, 0.5) is 0 Å². The highest BCUT2D eigenvalue weighted by atomic mass is 32.2. The Morgan fingerprint density at radius 2 is 1.25 bits per heavy atom. The van der Waals surface area contributed by atoms with Gasteiger partial charge in [0.1, 0.15) is 18.1 Å². The SMILES string of the molecule is CCCCCCCCSC1OC(COC(C)=O)C(OC(C)=O)C(OC(C)=O)C1OC(C)=O. The summed E-state index contributed by atoms with van der Waals surface area (Å²) in [6.45, 7) is 6.87. The number of carbonyl (C=O) groups excluding carboxylic acids is 4. The molecule has 0 aliphatic carbocycles. The van der Waals surface area contributed by atoms with Crippen LogP contribution in [0.15, 0.2) is 0 Å². The zero-order valence-electron chi connectivity index (χ0n) is 19.6. The second-order valence-electron chi connectivity index (χ2n) is 7.71. The average molecular weight is 477 g/mol. The Morgan fingerprint density at radius 1 is 0.719 bits per heavy atom. The van der Waals surface area contributed by atoms with Crippen molar-refractivity contribution in [1.29, 1.82) is 0 Å². The van der Waals surface area contributed by atoms with E-state index in [2.05, 4.69) is 6.92 Å². The predicted molar refractivity (Wildman–Crippen MR) is 118 cm³/mol. The molecule has 0 saturated carbocycles. The highest BCUT2D eigenvalue weighted by molar-refractivity contribution is 7.99. The van der Waals surface area contributed by atoms with Crippen LogP contribution in [-0.2, 0) is 42.9 Å². The van der Waals surface area contributed by atoms with Crippen molar-refractivity contribution in [3.8, 4) is 0 Å². The van der Waals surface area contributed by atoms with Gasteiger partial charge in [-0.2, -0.15) is 0 Å². The molecule has 1 heterocycles. The van der Waals surface area contributed by atoms with Crippen molar-refractivity contribution in [2.24, 2.45) is 0 Å². The van der Waals surface area contributed by atoms with Gasteiger partial charge in [-0.05, 0) is 12.2 Å². The van der Waals surface area contributed by atoms with Gasteiger partial charge in [-0.25, -0.2) is 0 Å². The molecule has 0 aromatic carbocycles. The Morgan fingerprint density at radius 3 is 1.81 bits per heavy atom. The maximum absolute atomic E-state index is 11.8. The number of carbonyl (C=O) groups is 4. The molecule has 0 spiro atoms. The first-order valence-electron chi connectivity index (χ1n) is 11.1. The fourth-order valence-electron chi connectivity index (χ4n) is 3.40. The summed E-state index contributed by atoms with van der Waals surface area (Å²) in [5.41, 5.74) is -0.689. The van der Waals surface area contributed by atoms with Crippen molar-refractivity contribution >= 4 is 35.6 Å². The summed E-state index contributed by atoms with van der Waals surface area (Å²) in [5, 5.41) is 0. The molecule has 184 valence electrons. The van der Waals surface area contributed by atoms with E-state index in [0.29, 0.717) is 0 Å². The van der Waals surface area contributed by atoms with Crippen molar-refractivity contribution in [2.75, 3.05) is 12.4 Å². The van der Waals surface area contributed by atoms with Crippen LogP contribution in [0.3, 0.4) is 0 Å². The molecule has 5 unspecified atom stereocenters. The smallest absolute Gasteiger partial charge is 0.303 e. The average Bonchev–Trinajstić information content (AvgIpc) is 2.68. The molecule has 1 aliphatic heterocycles. The molecular formula is C22H36O9S. The van der Waals surface area contributed by atoms with Crippen molar-refractivity contribution in [3.05, 3.63) is 0 Å². The van der Waals surface area contributed by atoms with Gasteiger partial charge in [0.2, 0.25) is 0 Å². The molecule has 0 aromatic rings. The number of ether oxygens (including phenoxy) is 5. The normalized spacial score (nSPS) is 25.0. The molecule has 5 atom stereocenters. The molecule has 0 radical (unpaired) electrons. The van der Waals surface area contributed by atoms with E-state index in [1.54, 1.807) is 0 Å². The Bertz CT molecular complexity index is 625. The Labute approximate surface area is 194 Å². The molecule has 1 fully saturated rings. The number of rotatable bonds is 13. The topological polar surface area (TPSA) is 114 Å². The van der Waals surface area contributed by atoms with Crippen LogP contribution >= 0.6 is 11.8 Å². The fraction of sp³-hybridized carbons (Fsp3) is 0.818. The van der Waals surface area contributed by atoms with Crippen molar-refractivity contribution in [3.63, 3.8) is 0 Å². The summed E-state index contributed by atoms with van der Waals surface area (Å²) in [6, 6.07) is 0. The van der Waals surface area contributed by atoms with E-state index in [1.807, 2.05) is 0 Å². The van der Waals surface area contributed by atoms with Crippen LogP contribution in [-0.4, -0.2) is 66.1 Å². The van der Waals surface area contributed by atoms with Crippen LogP contribution in [0.25, 0.3) is 0 Å². The Kier molecular flexibility index (Phi) is 13.3. The molecular weight excluding hydrogens is 440 g/mol. The number of hydrogen-bond donors (Lipinski definition) is 0. The van der Waals surface area contributed by atoms with E-state index in [9.17, 15) is 19.2 Å². The summed E-state index contributed by atoms with van der Waals surface area (Å²) < 4.78 is 27.4. The molecule has 1 aliphatic rings. The Hall–Kier alpha value is -1.81. The van der Waals surface area contributed by atoms with Gasteiger partial charge in [-0.1, -0.05) is 39.0 Å². The molecule has 0 N–H and O–H groups in total. The largest absolute Gasteiger partial charge is 0.463 e. The van der Waals surface area contributed by atoms with Gasteiger partial charge in [0.15, 0.2) is 18.3 Å². The first-order valence-corrected chi connectivity index (χ1v) is 12.1. The standard InChI is InChI=1S/C22H36O9S/c1-6-7-8-9-10-11-12-32-22-21(30-17(5)26)20(29-16(4)25)19(28-15(3)24)18(31-22)13-27-14(2)23/h18-22H,6-13H2,1-5H3. The van der Waals surface area contributed by atoms with Crippen molar-refractivity contribution in [2.45, 2.75) is 103 Å². The van der Waals surface area contributed by atoms with Crippen molar-refractivity contribution in [1.82, 2.24) is 0 Å². The van der Waals surface area contributed by atoms with Crippen LogP contribution in [0.2, 0.25) is 0 Å². The van der Waals surface area contributed by atoms with Gasteiger partial charge in [0.05, 0.1) is 0 Å². The number of thioether (sulfide) groups is 1. The summed E-state index contributed by atoms with van der Waals surface area (Å²) in [4.78, 5) is 46.6. The summed E-state index contributed by atoms with van der Waals surface area (Å²) in [5.74, 6) is -1.64. The van der Waals surface area contributed by atoms with Gasteiger partial charge in [-0.3, -0.25) is 19.2 Å². The van der Waals surface area contributed by atoms with E-state index in [0.717, 1.165) is 25.0 Å². The van der Waals surface area contributed by atoms with Gasteiger partial charge < -0.3 is 23.7 Å². The zero-order valence-corrected chi connectivity index (χ0v) is 20.4. The molecule has 32 heavy (non-hydrogen) atoms. The quantitative estimate of drug-likeness (QED) is 0.223. The molecule has 1 saturated heterocycles. The summed E-state index contributed by atoms with van der Waals surface area (Å²) in [7, 11) is 0. The lowest BCUT2D eigenvalue weighted by molar-refractivity contribution is -0.237. The van der Waals surface area contributed by atoms with Gasteiger partial charge in [-0.15, -0.1) is 11.8 Å². The molecule has 0 bridgehead atoms. The van der Waals surface area contributed by atoms with E-state index >= 15 is 0 Å². The first kappa shape index (κ1) is 28.2. The van der Waals surface area contributed by atoms with Crippen LogP contribution in [0.1, 0.15) is 73.1 Å². The predicted octanol–water partition coefficient (Wildman–Crippen LogP) is 3.16. The highest BCUT2D eigenvalue weighted by Crippen LogP contribution is 2.34. The minimum Gasteiger partial charge on any atom is -0.463 e. The first-order chi connectivity index (χ1) is 15.1. The molecule has 1 rings (SSSR count). The number of hydrogen-bond acceptors (Lipinski definition) is 10. The molecule has 9 nitrogen and oxygen atoms in total. The maximum Gasteiger partial charge on any atom is 0.303 e. The fourth-order valence-corrected chi connectivity index (χ4v) is 4.63. The van der Waals surface area contributed by atoms with E-state index in [1.165, 1.54) is 58.7 Å². The maximum atomic E-state index is 11.8. The van der Waals surface area contributed by atoms with Gasteiger partial charge in [0, 0.05) is 27.7 Å². The lowest BCUT2D eigenvalue weighted by Gasteiger charge is -2.44. The third-order valence-electron chi connectivity index (χ3n) is 4.73. The van der Waals surface area contributed by atoms with Crippen LogP contribution in [0.5, 0.6) is 0 Å². The molecule has 10 heteroatoms. The lowest BCUT2D eigenvalue weighted by Crippen LogP contribution is -2.61. The molecule has 0 aromatic heterocycles. The van der Waals surface area contributed by atoms with E-state index in [4.69, 9.17) is 23.7 Å².